The molecule has 0 saturated heterocycles. The molecular weight excluding hydrogens is 250 g/mol. The van der Waals surface area contributed by atoms with Crippen molar-refractivity contribution in [2.24, 2.45) is 11.7 Å². The molecule has 20 heavy (non-hydrogen) atoms. The van der Waals surface area contributed by atoms with Crippen LogP contribution in [0.2, 0.25) is 0 Å². The lowest BCUT2D eigenvalue weighted by molar-refractivity contribution is -0.123. The number of carbonyl (C=O) groups is 1. The summed E-state index contributed by atoms with van der Waals surface area (Å²) in [6.07, 6.45) is 11.1. The molecule has 2 fully saturated rings. The van der Waals surface area contributed by atoms with E-state index in [0.717, 1.165) is 19.4 Å². The van der Waals surface area contributed by atoms with Crippen LogP contribution in [-0.2, 0) is 4.79 Å². The minimum atomic E-state index is 0.196. The van der Waals surface area contributed by atoms with E-state index in [1.807, 2.05) is 0 Å². The highest BCUT2D eigenvalue weighted by atomic mass is 16.2. The second kappa shape index (κ2) is 7.99. The number of nitrogens with zero attached hydrogens (tertiary/aromatic N) is 1. The summed E-state index contributed by atoms with van der Waals surface area (Å²) in [6, 6.07) is 0.909. The molecule has 0 aromatic carbocycles. The first kappa shape index (κ1) is 15.8. The van der Waals surface area contributed by atoms with Crippen molar-refractivity contribution in [3.63, 3.8) is 0 Å². The van der Waals surface area contributed by atoms with Gasteiger partial charge in [-0.1, -0.05) is 32.1 Å². The molecule has 0 aromatic rings. The molecule has 2 unspecified atom stereocenters. The highest BCUT2D eigenvalue weighted by Gasteiger charge is 2.30. The Kier molecular flexibility index (Phi) is 6.30. The smallest absolute Gasteiger partial charge is 0.234 e. The number of hydrogen-bond donors (Lipinski definition) is 2. The Morgan fingerprint density at radius 1 is 1.10 bits per heavy atom. The van der Waals surface area contributed by atoms with Gasteiger partial charge in [-0.3, -0.25) is 9.69 Å². The van der Waals surface area contributed by atoms with E-state index in [0.29, 0.717) is 24.5 Å². The van der Waals surface area contributed by atoms with Gasteiger partial charge in [-0.2, -0.15) is 0 Å². The second-order valence-corrected chi connectivity index (χ2v) is 6.67. The van der Waals surface area contributed by atoms with Crippen LogP contribution in [0.15, 0.2) is 0 Å². The molecule has 116 valence electrons. The predicted octanol–water partition coefficient (Wildman–Crippen LogP) is 1.88. The third-order valence-corrected chi connectivity index (χ3v) is 5.10. The van der Waals surface area contributed by atoms with Crippen molar-refractivity contribution < 1.29 is 4.79 Å². The number of rotatable bonds is 5. The molecule has 0 bridgehead atoms. The summed E-state index contributed by atoms with van der Waals surface area (Å²) in [6.45, 7) is 1.27. The van der Waals surface area contributed by atoms with E-state index >= 15 is 0 Å². The predicted molar refractivity (Wildman–Crippen MR) is 82.4 cm³/mol. The van der Waals surface area contributed by atoms with Crippen LogP contribution in [0.4, 0.5) is 0 Å². The number of hydrogen-bond acceptors (Lipinski definition) is 3. The fourth-order valence-electron chi connectivity index (χ4n) is 3.91. The van der Waals surface area contributed by atoms with Gasteiger partial charge in [0.2, 0.25) is 5.91 Å². The average molecular weight is 281 g/mol. The number of nitrogens with two attached hydrogens (primary N) is 1. The quantitative estimate of drug-likeness (QED) is 0.757. The van der Waals surface area contributed by atoms with Crippen molar-refractivity contribution in [1.82, 2.24) is 10.2 Å². The van der Waals surface area contributed by atoms with Crippen molar-refractivity contribution in [2.75, 3.05) is 20.1 Å². The second-order valence-electron chi connectivity index (χ2n) is 6.67. The fraction of sp³-hybridized carbons (Fsp3) is 0.938. The normalized spacial score (nSPS) is 28.6. The molecule has 2 aliphatic rings. The standard InChI is InChI=1S/C16H31N3O/c1-19(15-10-6-7-13(15)11-17)12-16(20)18-14-8-4-2-3-5-9-14/h13-15H,2-12,17H2,1H3,(H,18,20). The minimum absolute atomic E-state index is 0.196. The van der Waals surface area contributed by atoms with Crippen LogP contribution in [0.5, 0.6) is 0 Å². The molecule has 0 radical (unpaired) electrons. The van der Waals surface area contributed by atoms with E-state index in [4.69, 9.17) is 5.73 Å². The zero-order valence-electron chi connectivity index (χ0n) is 12.9. The summed E-state index contributed by atoms with van der Waals surface area (Å²) in [7, 11) is 2.07. The number of carbonyl (C=O) groups excluding carboxylic acids is 1. The van der Waals surface area contributed by atoms with Crippen LogP contribution >= 0.6 is 0 Å². The van der Waals surface area contributed by atoms with Crippen molar-refractivity contribution in [2.45, 2.75) is 69.9 Å². The number of amides is 1. The molecular formula is C16H31N3O. The molecule has 2 rings (SSSR count). The molecule has 4 nitrogen and oxygen atoms in total. The number of likely N-dealkylation sites (N-methyl/N-ethyl adjacent to an activating group) is 1. The van der Waals surface area contributed by atoms with Gasteiger partial charge in [-0.05, 0) is 45.2 Å². The highest BCUT2D eigenvalue weighted by molar-refractivity contribution is 5.78. The lowest BCUT2D eigenvalue weighted by atomic mass is 10.0. The largest absolute Gasteiger partial charge is 0.352 e. The van der Waals surface area contributed by atoms with Crippen LogP contribution < -0.4 is 11.1 Å². The molecule has 0 spiro atoms. The average Bonchev–Trinajstić information content (AvgIpc) is 2.77. The lowest BCUT2D eigenvalue weighted by Crippen LogP contribution is -2.45. The molecule has 4 heteroatoms. The first-order valence-corrected chi connectivity index (χ1v) is 8.40. The summed E-state index contributed by atoms with van der Waals surface area (Å²) < 4.78 is 0. The van der Waals surface area contributed by atoms with Crippen molar-refractivity contribution in [3.8, 4) is 0 Å². The van der Waals surface area contributed by atoms with Crippen molar-refractivity contribution >= 4 is 5.91 Å². The van der Waals surface area contributed by atoms with Gasteiger partial charge in [0, 0.05) is 12.1 Å². The Balaban J connectivity index is 1.75. The molecule has 2 saturated carbocycles. The topological polar surface area (TPSA) is 58.4 Å². The van der Waals surface area contributed by atoms with Gasteiger partial charge >= 0.3 is 0 Å². The van der Waals surface area contributed by atoms with E-state index < -0.39 is 0 Å². The van der Waals surface area contributed by atoms with Crippen molar-refractivity contribution in [1.29, 1.82) is 0 Å². The zero-order chi connectivity index (χ0) is 14.4. The van der Waals surface area contributed by atoms with Gasteiger partial charge < -0.3 is 11.1 Å². The Hall–Kier alpha value is -0.610. The van der Waals surface area contributed by atoms with Crippen LogP contribution in [0.3, 0.4) is 0 Å². The van der Waals surface area contributed by atoms with Crippen LogP contribution in [0.1, 0.15) is 57.8 Å². The van der Waals surface area contributed by atoms with Gasteiger partial charge in [0.15, 0.2) is 0 Å². The minimum Gasteiger partial charge on any atom is -0.352 e. The molecule has 0 aliphatic heterocycles. The molecule has 2 atom stereocenters. The first-order valence-electron chi connectivity index (χ1n) is 8.40. The van der Waals surface area contributed by atoms with E-state index in [1.165, 1.54) is 44.9 Å². The molecule has 0 aromatic heterocycles. The maximum atomic E-state index is 12.2. The highest BCUT2D eigenvalue weighted by Crippen LogP contribution is 2.28. The Morgan fingerprint density at radius 2 is 1.80 bits per heavy atom. The Labute approximate surface area is 123 Å². The summed E-state index contributed by atoms with van der Waals surface area (Å²) in [4.78, 5) is 14.4. The lowest BCUT2D eigenvalue weighted by Gasteiger charge is -2.29. The first-order chi connectivity index (χ1) is 9.70. The summed E-state index contributed by atoms with van der Waals surface area (Å²) in [5.74, 6) is 0.771. The van der Waals surface area contributed by atoms with Crippen LogP contribution in [-0.4, -0.2) is 43.0 Å². The van der Waals surface area contributed by atoms with Gasteiger partial charge in [-0.25, -0.2) is 0 Å². The van der Waals surface area contributed by atoms with Crippen LogP contribution in [0, 0.1) is 5.92 Å². The van der Waals surface area contributed by atoms with Crippen molar-refractivity contribution in [3.05, 3.63) is 0 Å². The van der Waals surface area contributed by atoms with E-state index in [9.17, 15) is 4.79 Å². The van der Waals surface area contributed by atoms with E-state index in [1.54, 1.807) is 0 Å². The maximum Gasteiger partial charge on any atom is 0.234 e. The Morgan fingerprint density at radius 3 is 2.45 bits per heavy atom. The molecule has 2 aliphatic carbocycles. The molecule has 0 heterocycles. The Bertz CT molecular complexity index is 300. The number of nitrogens with one attached hydrogen (secondary N) is 1. The van der Waals surface area contributed by atoms with Gasteiger partial charge in [0.25, 0.3) is 0 Å². The van der Waals surface area contributed by atoms with Gasteiger partial charge in [-0.15, -0.1) is 0 Å². The molecule has 1 amide bonds. The summed E-state index contributed by atoms with van der Waals surface area (Å²) in [5, 5.41) is 3.23. The van der Waals surface area contributed by atoms with E-state index in [-0.39, 0.29) is 5.91 Å². The third kappa shape index (κ3) is 4.45. The van der Waals surface area contributed by atoms with Gasteiger partial charge in [0.1, 0.15) is 0 Å². The van der Waals surface area contributed by atoms with E-state index in [2.05, 4.69) is 17.3 Å². The van der Waals surface area contributed by atoms with Gasteiger partial charge in [0.05, 0.1) is 6.54 Å². The summed E-state index contributed by atoms with van der Waals surface area (Å²) >= 11 is 0. The fourth-order valence-corrected chi connectivity index (χ4v) is 3.91. The molecule has 3 N–H and O–H groups in total. The zero-order valence-corrected chi connectivity index (χ0v) is 12.9. The maximum absolute atomic E-state index is 12.2. The monoisotopic (exact) mass is 281 g/mol. The summed E-state index contributed by atoms with van der Waals surface area (Å²) in [5.41, 5.74) is 5.83. The van der Waals surface area contributed by atoms with Crippen LogP contribution in [0.25, 0.3) is 0 Å². The SMILES string of the molecule is CN(CC(=O)NC1CCCCCC1)C1CCCC1CN. The third-order valence-electron chi connectivity index (χ3n) is 5.10.